The van der Waals surface area contributed by atoms with Gasteiger partial charge >= 0.3 is 0 Å². The van der Waals surface area contributed by atoms with E-state index in [1.165, 1.54) is 0 Å². The van der Waals surface area contributed by atoms with E-state index in [0.717, 1.165) is 31.5 Å². The van der Waals surface area contributed by atoms with Gasteiger partial charge in [-0.25, -0.2) is 0 Å². The van der Waals surface area contributed by atoms with Crippen molar-refractivity contribution in [1.29, 1.82) is 0 Å². The molecule has 5 heteroatoms. The molecule has 1 fully saturated rings. The maximum absolute atomic E-state index is 12.9. The van der Waals surface area contributed by atoms with Gasteiger partial charge in [0.25, 0.3) is 0 Å². The molecule has 0 aliphatic carbocycles. The van der Waals surface area contributed by atoms with Crippen LogP contribution in [0.25, 0.3) is 0 Å². The minimum atomic E-state index is -0.485. The molecule has 2 aromatic rings. The standard InChI is InChI=1S/C19H21N3O2/c20-18(23)15-9-6-10-16(13-15)21-17(14-7-2-1-3-8-14)19(24)22-11-4-5-12-22/h1-3,6-10,13,17,21H,4-5,11-12H2,(H2,20,23). The molecule has 5 nitrogen and oxygen atoms in total. The molecule has 0 aromatic heterocycles. The average molecular weight is 323 g/mol. The van der Waals surface area contributed by atoms with Gasteiger partial charge in [0.05, 0.1) is 0 Å². The minimum Gasteiger partial charge on any atom is -0.370 e. The SMILES string of the molecule is NC(=O)c1cccc(NC(C(=O)N2CCCC2)c2ccccc2)c1. The number of primary amides is 1. The van der Waals surface area contributed by atoms with Gasteiger partial charge in [-0.15, -0.1) is 0 Å². The number of carbonyl (C=O) groups excluding carboxylic acids is 2. The van der Waals surface area contributed by atoms with E-state index in [1.54, 1.807) is 18.2 Å². The van der Waals surface area contributed by atoms with Crippen LogP contribution in [0.3, 0.4) is 0 Å². The summed E-state index contributed by atoms with van der Waals surface area (Å²) in [5, 5.41) is 3.27. The van der Waals surface area contributed by atoms with Crippen molar-refractivity contribution in [2.75, 3.05) is 18.4 Å². The Morgan fingerprint density at radius 2 is 1.71 bits per heavy atom. The van der Waals surface area contributed by atoms with Crippen LogP contribution in [0.1, 0.15) is 34.8 Å². The lowest BCUT2D eigenvalue weighted by atomic mass is 10.0. The van der Waals surface area contributed by atoms with Crippen molar-refractivity contribution < 1.29 is 9.59 Å². The molecule has 1 saturated heterocycles. The third kappa shape index (κ3) is 3.56. The predicted molar refractivity (Wildman–Crippen MR) is 93.6 cm³/mol. The van der Waals surface area contributed by atoms with Gasteiger partial charge in [-0.05, 0) is 36.6 Å². The maximum atomic E-state index is 12.9. The zero-order valence-electron chi connectivity index (χ0n) is 13.4. The van der Waals surface area contributed by atoms with Crippen molar-refractivity contribution in [3.63, 3.8) is 0 Å². The third-order valence-corrected chi connectivity index (χ3v) is 4.26. The molecule has 3 rings (SSSR count). The summed E-state index contributed by atoms with van der Waals surface area (Å²) in [4.78, 5) is 26.2. The van der Waals surface area contributed by atoms with Gasteiger partial charge in [0.2, 0.25) is 11.8 Å². The number of likely N-dealkylation sites (tertiary alicyclic amines) is 1. The van der Waals surface area contributed by atoms with E-state index >= 15 is 0 Å². The van der Waals surface area contributed by atoms with Crippen LogP contribution >= 0.6 is 0 Å². The van der Waals surface area contributed by atoms with E-state index in [2.05, 4.69) is 5.32 Å². The number of anilines is 1. The van der Waals surface area contributed by atoms with Crippen LogP contribution in [0.5, 0.6) is 0 Å². The summed E-state index contributed by atoms with van der Waals surface area (Å²) in [6.07, 6.45) is 2.09. The van der Waals surface area contributed by atoms with Crippen LogP contribution in [0.2, 0.25) is 0 Å². The predicted octanol–water partition coefficient (Wildman–Crippen LogP) is 2.56. The van der Waals surface area contributed by atoms with Crippen molar-refractivity contribution >= 4 is 17.5 Å². The van der Waals surface area contributed by atoms with Crippen molar-refractivity contribution in [3.05, 3.63) is 65.7 Å². The Balaban J connectivity index is 1.88. The summed E-state index contributed by atoms with van der Waals surface area (Å²) >= 11 is 0. The van der Waals surface area contributed by atoms with E-state index in [0.29, 0.717) is 11.3 Å². The van der Waals surface area contributed by atoms with E-state index in [-0.39, 0.29) is 5.91 Å². The van der Waals surface area contributed by atoms with Gasteiger partial charge in [-0.2, -0.15) is 0 Å². The molecule has 0 radical (unpaired) electrons. The van der Waals surface area contributed by atoms with Crippen LogP contribution < -0.4 is 11.1 Å². The highest BCUT2D eigenvalue weighted by atomic mass is 16.2. The van der Waals surface area contributed by atoms with Crippen LogP contribution in [-0.2, 0) is 4.79 Å². The molecule has 24 heavy (non-hydrogen) atoms. The Kier molecular flexibility index (Phi) is 4.79. The monoisotopic (exact) mass is 323 g/mol. The molecule has 1 atom stereocenters. The van der Waals surface area contributed by atoms with Crippen molar-refractivity contribution in [2.45, 2.75) is 18.9 Å². The zero-order valence-corrected chi connectivity index (χ0v) is 13.4. The van der Waals surface area contributed by atoms with Gasteiger partial charge in [0.1, 0.15) is 6.04 Å². The molecule has 2 amide bonds. The summed E-state index contributed by atoms with van der Waals surface area (Å²) in [7, 11) is 0. The quantitative estimate of drug-likeness (QED) is 0.888. The van der Waals surface area contributed by atoms with Crippen LogP contribution in [0.4, 0.5) is 5.69 Å². The second-order valence-electron chi connectivity index (χ2n) is 5.97. The summed E-state index contributed by atoms with van der Waals surface area (Å²) in [6, 6.07) is 16.1. The lowest BCUT2D eigenvalue weighted by Gasteiger charge is -2.25. The fourth-order valence-corrected chi connectivity index (χ4v) is 2.98. The second-order valence-corrected chi connectivity index (χ2v) is 5.97. The molecule has 1 unspecified atom stereocenters. The second kappa shape index (κ2) is 7.17. The van der Waals surface area contributed by atoms with E-state index in [9.17, 15) is 9.59 Å². The van der Waals surface area contributed by atoms with Crippen LogP contribution in [0.15, 0.2) is 54.6 Å². The summed E-state index contributed by atoms with van der Waals surface area (Å²) in [5.74, 6) is -0.427. The third-order valence-electron chi connectivity index (χ3n) is 4.26. The van der Waals surface area contributed by atoms with E-state index in [4.69, 9.17) is 5.73 Å². The zero-order chi connectivity index (χ0) is 16.9. The van der Waals surface area contributed by atoms with Crippen molar-refractivity contribution in [3.8, 4) is 0 Å². The Hall–Kier alpha value is -2.82. The van der Waals surface area contributed by atoms with Gasteiger partial charge < -0.3 is 16.0 Å². The van der Waals surface area contributed by atoms with Crippen molar-refractivity contribution in [2.24, 2.45) is 5.73 Å². The largest absolute Gasteiger partial charge is 0.370 e. The highest BCUT2D eigenvalue weighted by Crippen LogP contribution is 2.24. The van der Waals surface area contributed by atoms with Crippen LogP contribution in [0, 0.1) is 0 Å². The Morgan fingerprint density at radius 3 is 2.38 bits per heavy atom. The molecular weight excluding hydrogens is 302 g/mol. The number of hydrogen-bond acceptors (Lipinski definition) is 3. The van der Waals surface area contributed by atoms with E-state index in [1.807, 2.05) is 41.3 Å². The maximum Gasteiger partial charge on any atom is 0.249 e. The van der Waals surface area contributed by atoms with Gasteiger partial charge in [0, 0.05) is 24.3 Å². The summed E-state index contributed by atoms with van der Waals surface area (Å²) < 4.78 is 0. The number of nitrogens with one attached hydrogen (secondary N) is 1. The molecule has 124 valence electrons. The molecule has 3 N–H and O–H groups in total. The molecule has 0 bridgehead atoms. The molecule has 1 heterocycles. The Morgan fingerprint density at radius 1 is 1.00 bits per heavy atom. The van der Waals surface area contributed by atoms with Gasteiger partial charge in [0.15, 0.2) is 0 Å². The fraction of sp³-hybridized carbons (Fsp3) is 0.263. The molecule has 0 saturated carbocycles. The number of rotatable bonds is 5. The normalized spacial score (nSPS) is 15.1. The molecule has 1 aliphatic heterocycles. The Bertz CT molecular complexity index is 724. The first-order valence-corrected chi connectivity index (χ1v) is 8.15. The first-order valence-electron chi connectivity index (χ1n) is 8.15. The number of amides is 2. The lowest BCUT2D eigenvalue weighted by Crippen LogP contribution is -2.36. The minimum absolute atomic E-state index is 0.0585. The number of nitrogens with zero attached hydrogens (tertiary/aromatic N) is 1. The fourth-order valence-electron chi connectivity index (χ4n) is 2.98. The lowest BCUT2D eigenvalue weighted by molar-refractivity contribution is -0.131. The van der Waals surface area contributed by atoms with Gasteiger partial charge in [-0.1, -0.05) is 36.4 Å². The molecule has 0 spiro atoms. The molecular formula is C19H21N3O2. The smallest absolute Gasteiger partial charge is 0.249 e. The van der Waals surface area contributed by atoms with Crippen molar-refractivity contribution in [1.82, 2.24) is 4.90 Å². The molecule has 1 aliphatic rings. The first-order chi connectivity index (χ1) is 11.6. The number of hydrogen-bond donors (Lipinski definition) is 2. The van der Waals surface area contributed by atoms with Crippen LogP contribution in [-0.4, -0.2) is 29.8 Å². The topological polar surface area (TPSA) is 75.4 Å². The molecule has 2 aromatic carbocycles. The van der Waals surface area contributed by atoms with Gasteiger partial charge in [-0.3, -0.25) is 9.59 Å². The summed E-state index contributed by atoms with van der Waals surface area (Å²) in [5.41, 5.74) is 7.36. The highest BCUT2D eigenvalue weighted by Gasteiger charge is 2.27. The number of carbonyl (C=O) groups is 2. The summed E-state index contributed by atoms with van der Waals surface area (Å²) in [6.45, 7) is 1.59. The van der Waals surface area contributed by atoms with E-state index < -0.39 is 11.9 Å². The highest BCUT2D eigenvalue weighted by molar-refractivity contribution is 5.94. The average Bonchev–Trinajstić information content (AvgIpc) is 3.15. The first kappa shape index (κ1) is 16.1. The number of benzene rings is 2. The Labute approximate surface area is 141 Å². The number of nitrogens with two attached hydrogens (primary N) is 1.